The monoisotopic (exact) mass is 517 g/mol. The van der Waals surface area contributed by atoms with Crippen LogP contribution < -0.4 is 10.6 Å². The topological polar surface area (TPSA) is 118 Å². The number of rotatable bonds is 11. The largest absolute Gasteiger partial charge is 0.339 e. The van der Waals surface area contributed by atoms with E-state index in [4.69, 9.17) is 0 Å². The van der Waals surface area contributed by atoms with Crippen molar-refractivity contribution in [3.63, 3.8) is 0 Å². The number of carbonyl (C=O) groups is 2. The molecule has 198 valence electrons. The van der Waals surface area contributed by atoms with Crippen molar-refractivity contribution in [1.82, 2.24) is 30.3 Å². The van der Waals surface area contributed by atoms with Crippen LogP contribution in [0.15, 0.2) is 49.8 Å². The molecule has 2 aliphatic rings. The number of hydrogen-bond donors (Lipinski definition) is 3. The molecule has 5 rings (SSSR count). The minimum atomic E-state index is -0.780. The van der Waals surface area contributed by atoms with E-state index in [-0.39, 0.29) is 29.2 Å². The molecule has 0 radical (unpaired) electrons. The van der Waals surface area contributed by atoms with Crippen molar-refractivity contribution < 1.29 is 14.0 Å². The minimum absolute atomic E-state index is 0.0123. The van der Waals surface area contributed by atoms with E-state index >= 15 is 4.39 Å². The number of pyridine rings is 1. The lowest BCUT2D eigenvalue weighted by Gasteiger charge is -2.28. The summed E-state index contributed by atoms with van der Waals surface area (Å²) >= 11 is 0. The Morgan fingerprint density at radius 1 is 1.18 bits per heavy atom. The van der Waals surface area contributed by atoms with Crippen molar-refractivity contribution in [3.8, 4) is 11.3 Å². The fourth-order valence-electron chi connectivity index (χ4n) is 5.28. The molecule has 3 aromatic rings. The molecule has 2 fully saturated rings. The normalized spacial score (nSPS) is 15.9. The van der Waals surface area contributed by atoms with Crippen molar-refractivity contribution in [1.29, 1.82) is 0 Å². The minimum Gasteiger partial charge on any atom is -0.339 e. The molecule has 0 unspecified atom stereocenters. The Hall–Kier alpha value is -4.08. The van der Waals surface area contributed by atoms with E-state index in [2.05, 4.69) is 44.1 Å². The van der Waals surface area contributed by atoms with Crippen LogP contribution in [0.2, 0.25) is 0 Å². The number of anilines is 1. The fraction of sp³-hybridized carbons (Fsp3) is 0.393. The lowest BCUT2D eigenvalue weighted by atomic mass is 9.88. The number of aromatic nitrogens is 5. The van der Waals surface area contributed by atoms with Crippen LogP contribution in [-0.4, -0.2) is 42.8 Å². The molecular weight excluding hydrogens is 485 g/mol. The number of hydrogen-bond acceptors (Lipinski definition) is 5. The zero-order chi connectivity index (χ0) is 27.0. The number of amides is 2. The Labute approximate surface area is 220 Å². The third-order valence-electron chi connectivity index (χ3n) is 7.43. The molecule has 38 heavy (non-hydrogen) atoms. The summed E-state index contributed by atoms with van der Waals surface area (Å²) in [4.78, 5) is 31.3. The van der Waals surface area contributed by atoms with Crippen molar-refractivity contribution in [2.24, 2.45) is 17.8 Å². The molecule has 9 nitrogen and oxygen atoms in total. The third kappa shape index (κ3) is 5.03. The zero-order valence-electron chi connectivity index (χ0n) is 21.6. The number of halogens is 1. The first-order valence-corrected chi connectivity index (χ1v) is 12.9. The van der Waals surface area contributed by atoms with E-state index in [9.17, 15) is 9.59 Å². The summed E-state index contributed by atoms with van der Waals surface area (Å²) in [5.41, 5.74) is 2.64. The first-order chi connectivity index (χ1) is 18.3. The van der Waals surface area contributed by atoms with Crippen LogP contribution in [0.3, 0.4) is 0 Å². The predicted molar refractivity (Wildman–Crippen MR) is 142 cm³/mol. The van der Waals surface area contributed by atoms with E-state index in [1.807, 2.05) is 0 Å². The lowest BCUT2D eigenvalue weighted by molar-refractivity contribution is -0.119. The van der Waals surface area contributed by atoms with Gasteiger partial charge in [-0.05, 0) is 63.4 Å². The molecule has 0 aromatic carbocycles. The van der Waals surface area contributed by atoms with Gasteiger partial charge in [0.15, 0.2) is 5.82 Å². The van der Waals surface area contributed by atoms with Crippen LogP contribution >= 0.6 is 0 Å². The average molecular weight is 518 g/mol. The molecule has 3 aromatic heterocycles. The average Bonchev–Trinajstić information content (AvgIpc) is 3.83. The SMILES string of the molecule is C=CC(C=C)n1nccc1C(=O)N[C@H](C(=O)Nc1cnc(-c2c(C)n[nH]c2C)c(F)c1)C(C1CC1)C1CC1. The maximum absolute atomic E-state index is 15.1. The second-order valence-corrected chi connectivity index (χ2v) is 10.2. The Balaban J connectivity index is 1.40. The Morgan fingerprint density at radius 3 is 2.42 bits per heavy atom. The standard InChI is InChI=1S/C28H32FN7O2/c1-5-20(6-2)36-22(11-12-31-36)27(37)33-26(24(17-7-8-17)18-9-10-18)28(38)32-19-13-21(29)25(30-14-19)23-15(3)34-35-16(23)4/h5-6,11-14,17-18,20,24,26H,1-2,7-10H2,3-4H3,(H,32,38)(H,33,37)(H,34,35)/t26-/m0/s1. The van der Waals surface area contributed by atoms with Crippen molar-refractivity contribution in [3.05, 3.63) is 72.7 Å². The quantitative estimate of drug-likeness (QED) is 0.324. The van der Waals surface area contributed by atoms with Gasteiger partial charge in [-0.25, -0.2) is 9.07 Å². The van der Waals surface area contributed by atoms with Gasteiger partial charge in [0, 0.05) is 23.5 Å². The molecule has 0 bridgehead atoms. The third-order valence-corrected chi connectivity index (χ3v) is 7.43. The van der Waals surface area contributed by atoms with Crippen LogP contribution in [0.5, 0.6) is 0 Å². The van der Waals surface area contributed by atoms with E-state index in [1.54, 1.807) is 32.1 Å². The highest BCUT2D eigenvalue weighted by atomic mass is 19.1. The summed E-state index contributed by atoms with van der Waals surface area (Å²) in [6.45, 7) is 11.1. The molecule has 0 aliphatic heterocycles. The molecule has 10 heteroatoms. The molecular formula is C28H32FN7O2. The molecule has 2 amide bonds. The van der Waals surface area contributed by atoms with Crippen molar-refractivity contribution >= 4 is 17.5 Å². The van der Waals surface area contributed by atoms with Gasteiger partial charge in [0.25, 0.3) is 5.91 Å². The van der Waals surface area contributed by atoms with E-state index in [0.717, 1.165) is 25.7 Å². The summed E-state index contributed by atoms with van der Waals surface area (Å²) in [6.07, 6.45) is 10.3. The molecule has 0 spiro atoms. The molecule has 2 saturated carbocycles. The van der Waals surface area contributed by atoms with Gasteiger partial charge in [-0.1, -0.05) is 12.2 Å². The lowest BCUT2D eigenvalue weighted by Crippen LogP contribution is -2.50. The first-order valence-electron chi connectivity index (χ1n) is 12.9. The van der Waals surface area contributed by atoms with Crippen molar-refractivity contribution in [2.45, 2.75) is 51.6 Å². The number of aryl methyl sites for hydroxylation is 2. The highest BCUT2D eigenvalue weighted by Crippen LogP contribution is 2.51. The number of carbonyl (C=O) groups excluding carboxylic acids is 2. The second kappa shape index (κ2) is 10.4. The van der Waals surface area contributed by atoms with E-state index < -0.39 is 17.8 Å². The molecule has 0 saturated heterocycles. The Kier molecular flexibility index (Phi) is 6.96. The Bertz CT molecular complexity index is 1350. The maximum Gasteiger partial charge on any atom is 0.270 e. The first kappa shape index (κ1) is 25.6. The van der Waals surface area contributed by atoms with Crippen molar-refractivity contribution in [2.75, 3.05) is 5.32 Å². The Morgan fingerprint density at radius 2 is 1.87 bits per heavy atom. The van der Waals surface area contributed by atoms with Gasteiger partial charge in [-0.3, -0.25) is 19.7 Å². The van der Waals surface area contributed by atoms with Gasteiger partial charge >= 0.3 is 0 Å². The molecule has 1 atom stereocenters. The summed E-state index contributed by atoms with van der Waals surface area (Å²) in [7, 11) is 0. The number of nitrogens with zero attached hydrogens (tertiary/aromatic N) is 4. The summed E-state index contributed by atoms with van der Waals surface area (Å²) < 4.78 is 16.6. The van der Waals surface area contributed by atoms with Gasteiger partial charge in [0.05, 0.1) is 23.6 Å². The number of allylic oxidation sites excluding steroid dienone is 2. The maximum atomic E-state index is 15.1. The van der Waals surface area contributed by atoms with E-state index in [0.29, 0.717) is 34.5 Å². The number of H-pyrrole nitrogens is 1. The van der Waals surface area contributed by atoms with Gasteiger partial charge < -0.3 is 10.6 Å². The highest BCUT2D eigenvalue weighted by Gasteiger charge is 2.48. The number of aromatic amines is 1. The van der Waals surface area contributed by atoms with Crippen LogP contribution in [-0.2, 0) is 4.79 Å². The van der Waals surface area contributed by atoms with Gasteiger partial charge in [-0.15, -0.1) is 13.2 Å². The van der Waals surface area contributed by atoms with E-state index in [1.165, 1.54) is 23.1 Å². The zero-order valence-corrected chi connectivity index (χ0v) is 21.6. The highest BCUT2D eigenvalue weighted by molar-refractivity contribution is 6.00. The van der Waals surface area contributed by atoms with Crippen LogP contribution in [0.1, 0.15) is 53.6 Å². The van der Waals surface area contributed by atoms with Gasteiger partial charge in [-0.2, -0.15) is 10.2 Å². The predicted octanol–water partition coefficient (Wildman–Crippen LogP) is 4.51. The summed E-state index contributed by atoms with van der Waals surface area (Å²) in [5, 5.41) is 17.0. The van der Waals surface area contributed by atoms with Gasteiger partial charge in [0.1, 0.15) is 17.4 Å². The summed E-state index contributed by atoms with van der Waals surface area (Å²) in [5.74, 6) is -0.599. The van der Waals surface area contributed by atoms with Crippen LogP contribution in [0.25, 0.3) is 11.3 Å². The molecule has 3 heterocycles. The second-order valence-electron chi connectivity index (χ2n) is 10.2. The summed E-state index contributed by atoms with van der Waals surface area (Å²) in [6, 6.07) is 1.71. The van der Waals surface area contributed by atoms with Gasteiger partial charge in [0.2, 0.25) is 5.91 Å². The van der Waals surface area contributed by atoms with Crippen LogP contribution in [0, 0.1) is 37.4 Å². The molecule has 3 N–H and O–H groups in total. The smallest absolute Gasteiger partial charge is 0.270 e. The fourth-order valence-corrected chi connectivity index (χ4v) is 5.28. The van der Waals surface area contributed by atoms with Crippen LogP contribution in [0.4, 0.5) is 10.1 Å². The number of nitrogens with one attached hydrogen (secondary N) is 3. The molecule has 2 aliphatic carbocycles.